The molecule has 3 rings (SSSR count). The van der Waals surface area contributed by atoms with E-state index in [0.717, 1.165) is 25.2 Å². The number of halogens is 2. The van der Waals surface area contributed by atoms with Gasteiger partial charge in [-0.05, 0) is 49.7 Å². The number of carbonyl (C=O) groups is 1. The van der Waals surface area contributed by atoms with Crippen LogP contribution in [0.15, 0.2) is 42.5 Å². The van der Waals surface area contributed by atoms with Gasteiger partial charge in [0.1, 0.15) is 0 Å². The number of nitrogens with zero attached hydrogens (tertiary/aromatic N) is 1. The Morgan fingerprint density at radius 1 is 1.00 bits per heavy atom. The number of hydrogen-bond acceptors (Lipinski definition) is 2. The second-order valence-corrected chi connectivity index (χ2v) is 6.75. The molecular weight excluding hydrogens is 329 g/mol. The van der Waals surface area contributed by atoms with E-state index >= 15 is 0 Å². The molecule has 2 nitrogen and oxygen atoms in total. The van der Waals surface area contributed by atoms with Crippen LogP contribution in [-0.2, 0) is 6.54 Å². The molecule has 1 fully saturated rings. The van der Waals surface area contributed by atoms with Gasteiger partial charge < -0.3 is 0 Å². The Balaban J connectivity index is 1.81. The van der Waals surface area contributed by atoms with Crippen molar-refractivity contribution < 1.29 is 4.79 Å². The van der Waals surface area contributed by atoms with Gasteiger partial charge in [0, 0.05) is 17.7 Å². The third-order valence-corrected chi connectivity index (χ3v) is 5.06. The van der Waals surface area contributed by atoms with Gasteiger partial charge in [-0.25, -0.2) is 0 Å². The molecular formula is C19H19Cl2NO. The summed E-state index contributed by atoms with van der Waals surface area (Å²) in [4.78, 5) is 15.2. The van der Waals surface area contributed by atoms with Crippen molar-refractivity contribution in [1.82, 2.24) is 4.90 Å². The summed E-state index contributed by atoms with van der Waals surface area (Å²) in [6.45, 7) is 3.17. The summed E-state index contributed by atoms with van der Waals surface area (Å²) >= 11 is 12.2. The van der Waals surface area contributed by atoms with E-state index in [1.807, 2.05) is 18.2 Å². The maximum absolute atomic E-state index is 12.7. The van der Waals surface area contributed by atoms with Gasteiger partial charge in [0.05, 0.1) is 10.0 Å². The zero-order valence-corrected chi connectivity index (χ0v) is 14.4. The minimum Gasteiger partial charge on any atom is -0.299 e. The molecule has 0 radical (unpaired) electrons. The van der Waals surface area contributed by atoms with Crippen LogP contribution in [0.4, 0.5) is 0 Å². The lowest BCUT2D eigenvalue weighted by molar-refractivity contribution is 0.103. The fourth-order valence-electron chi connectivity index (χ4n) is 3.02. The predicted molar refractivity (Wildman–Crippen MR) is 95.5 cm³/mol. The van der Waals surface area contributed by atoms with E-state index in [4.69, 9.17) is 23.2 Å². The summed E-state index contributed by atoms with van der Waals surface area (Å²) in [6, 6.07) is 13.0. The highest BCUT2D eigenvalue weighted by Gasteiger charge is 2.16. The first-order valence-corrected chi connectivity index (χ1v) is 8.71. The Kier molecular flexibility index (Phi) is 5.37. The lowest BCUT2D eigenvalue weighted by Crippen LogP contribution is -2.29. The largest absolute Gasteiger partial charge is 0.299 e. The molecule has 0 N–H and O–H groups in total. The number of rotatable bonds is 4. The summed E-state index contributed by atoms with van der Waals surface area (Å²) in [7, 11) is 0. The Bertz CT molecular complexity index is 708. The smallest absolute Gasteiger partial charge is 0.194 e. The van der Waals surface area contributed by atoms with Crippen LogP contribution in [0.1, 0.15) is 40.7 Å². The molecule has 120 valence electrons. The van der Waals surface area contributed by atoms with Crippen molar-refractivity contribution in [1.29, 1.82) is 0 Å². The van der Waals surface area contributed by atoms with E-state index in [1.165, 1.54) is 19.3 Å². The third-order valence-electron chi connectivity index (χ3n) is 4.24. The summed E-state index contributed by atoms with van der Waals surface area (Å²) < 4.78 is 0. The van der Waals surface area contributed by atoms with Crippen molar-refractivity contribution >= 4 is 29.0 Å². The van der Waals surface area contributed by atoms with E-state index in [9.17, 15) is 4.79 Å². The van der Waals surface area contributed by atoms with Crippen LogP contribution in [0.3, 0.4) is 0 Å². The summed E-state index contributed by atoms with van der Waals surface area (Å²) in [6.07, 6.45) is 3.84. The summed E-state index contributed by atoms with van der Waals surface area (Å²) in [5.41, 5.74) is 2.27. The lowest BCUT2D eigenvalue weighted by atomic mass is 10.0. The van der Waals surface area contributed by atoms with Gasteiger partial charge >= 0.3 is 0 Å². The number of hydrogen-bond donors (Lipinski definition) is 0. The highest BCUT2D eigenvalue weighted by atomic mass is 35.5. The summed E-state index contributed by atoms with van der Waals surface area (Å²) in [5, 5.41) is 0.725. The highest BCUT2D eigenvalue weighted by Crippen LogP contribution is 2.27. The molecule has 1 heterocycles. The van der Waals surface area contributed by atoms with Crippen LogP contribution in [0.25, 0.3) is 0 Å². The number of carbonyl (C=O) groups excluding carboxylic acids is 1. The first-order valence-electron chi connectivity index (χ1n) is 7.95. The molecule has 1 aliphatic heterocycles. The van der Waals surface area contributed by atoms with E-state index < -0.39 is 0 Å². The van der Waals surface area contributed by atoms with Crippen LogP contribution in [0, 0.1) is 0 Å². The first kappa shape index (κ1) is 16.5. The minimum absolute atomic E-state index is 0.0852. The molecule has 1 aliphatic rings. The minimum atomic E-state index is -0.0852. The third kappa shape index (κ3) is 3.95. The monoisotopic (exact) mass is 347 g/mol. The lowest BCUT2D eigenvalue weighted by Gasteiger charge is -2.26. The Hall–Kier alpha value is -1.35. The van der Waals surface area contributed by atoms with E-state index in [-0.39, 0.29) is 5.78 Å². The average molecular weight is 348 g/mol. The fourth-order valence-corrected chi connectivity index (χ4v) is 3.41. The quantitative estimate of drug-likeness (QED) is 0.707. The molecule has 0 atom stereocenters. The first-order chi connectivity index (χ1) is 11.1. The van der Waals surface area contributed by atoms with Gasteiger partial charge in [-0.3, -0.25) is 9.69 Å². The van der Waals surface area contributed by atoms with Crippen molar-refractivity contribution in [3.63, 3.8) is 0 Å². The Labute approximate surface area is 147 Å². The topological polar surface area (TPSA) is 20.3 Å². The standard InChI is InChI=1S/C19H19Cl2NO/c20-17-9-5-8-16(18(17)21)19(23)15-7-4-6-14(12-15)13-22-10-2-1-3-11-22/h4-9,12H,1-3,10-11,13H2. The van der Waals surface area contributed by atoms with Gasteiger partial charge in [-0.15, -0.1) is 0 Å². The van der Waals surface area contributed by atoms with Crippen molar-refractivity contribution in [2.75, 3.05) is 13.1 Å². The second kappa shape index (κ2) is 7.48. The number of piperidine rings is 1. The van der Waals surface area contributed by atoms with Crippen molar-refractivity contribution in [2.45, 2.75) is 25.8 Å². The molecule has 0 aromatic heterocycles. The molecule has 0 saturated carbocycles. The molecule has 0 spiro atoms. The predicted octanol–water partition coefficient (Wildman–Crippen LogP) is 5.21. The number of likely N-dealkylation sites (tertiary alicyclic amines) is 1. The molecule has 2 aromatic carbocycles. The van der Waals surface area contributed by atoms with Crippen LogP contribution in [0.5, 0.6) is 0 Å². The zero-order chi connectivity index (χ0) is 16.2. The average Bonchev–Trinajstić information content (AvgIpc) is 2.58. The van der Waals surface area contributed by atoms with Crippen LogP contribution in [0.2, 0.25) is 10.0 Å². The van der Waals surface area contributed by atoms with Crippen molar-refractivity contribution in [3.8, 4) is 0 Å². The van der Waals surface area contributed by atoms with Crippen LogP contribution < -0.4 is 0 Å². The number of ketones is 1. The molecule has 0 amide bonds. The normalized spacial score (nSPS) is 15.6. The molecule has 23 heavy (non-hydrogen) atoms. The van der Waals surface area contributed by atoms with E-state index in [2.05, 4.69) is 11.0 Å². The maximum atomic E-state index is 12.7. The SMILES string of the molecule is O=C(c1cccc(CN2CCCCC2)c1)c1cccc(Cl)c1Cl. The maximum Gasteiger partial charge on any atom is 0.194 e. The van der Waals surface area contributed by atoms with Gasteiger partial charge in [0.25, 0.3) is 0 Å². The Morgan fingerprint density at radius 2 is 1.74 bits per heavy atom. The van der Waals surface area contributed by atoms with Crippen molar-refractivity contribution in [3.05, 3.63) is 69.2 Å². The molecule has 0 unspecified atom stereocenters. The number of benzene rings is 2. The van der Waals surface area contributed by atoms with Crippen LogP contribution in [-0.4, -0.2) is 23.8 Å². The zero-order valence-electron chi connectivity index (χ0n) is 12.9. The van der Waals surface area contributed by atoms with Gasteiger partial charge in [0.15, 0.2) is 5.78 Å². The van der Waals surface area contributed by atoms with Crippen molar-refractivity contribution in [2.24, 2.45) is 0 Å². The van der Waals surface area contributed by atoms with Gasteiger partial charge in [0.2, 0.25) is 0 Å². The van der Waals surface area contributed by atoms with Gasteiger partial charge in [-0.2, -0.15) is 0 Å². The molecule has 2 aromatic rings. The Morgan fingerprint density at radius 3 is 2.52 bits per heavy atom. The van der Waals surface area contributed by atoms with E-state index in [0.29, 0.717) is 21.2 Å². The van der Waals surface area contributed by atoms with E-state index in [1.54, 1.807) is 18.2 Å². The second-order valence-electron chi connectivity index (χ2n) is 5.97. The molecule has 0 aliphatic carbocycles. The fraction of sp³-hybridized carbons (Fsp3) is 0.316. The molecule has 1 saturated heterocycles. The van der Waals surface area contributed by atoms with Gasteiger partial charge in [-0.1, -0.05) is 53.9 Å². The summed E-state index contributed by atoms with van der Waals surface area (Å²) in [5.74, 6) is -0.0852. The van der Waals surface area contributed by atoms with Crippen LogP contribution >= 0.6 is 23.2 Å². The molecule has 0 bridgehead atoms. The molecule has 4 heteroatoms. The highest BCUT2D eigenvalue weighted by molar-refractivity contribution is 6.44.